The number of nitrogens with two attached hydrogens (primary N) is 1. The number of nitrogens with one attached hydrogen (secondary N) is 1. The van der Waals surface area contributed by atoms with Crippen molar-refractivity contribution in [3.05, 3.63) is 18.3 Å². The van der Waals surface area contributed by atoms with Crippen molar-refractivity contribution in [2.45, 2.75) is 25.7 Å². The number of anilines is 1. The normalized spacial score (nSPS) is 22.8. The molecule has 0 unspecified atom stereocenters. The van der Waals surface area contributed by atoms with Gasteiger partial charge in [-0.2, -0.15) is 0 Å². The van der Waals surface area contributed by atoms with Crippen molar-refractivity contribution in [1.29, 1.82) is 0 Å². The first-order valence-corrected chi connectivity index (χ1v) is 6.74. The average molecular weight is 263 g/mol. The number of hydrogen-bond acceptors (Lipinski definition) is 4. The largest absolute Gasteiger partial charge is 0.480 e. The highest BCUT2D eigenvalue weighted by Gasteiger charge is 2.26. The van der Waals surface area contributed by atoms with Gasteiger partial charge in [-0.25, -0.2) is 4.98 Å². The Balaban J connectivity index is 1.94. The summed E-state index contributed by atoms with van der Waals surface area (Å²) >= 11 is 0. The average Bonchev–Trinajstić information content (AvgIpc) is 2.48. The molecule has 5 heteroatoms. The topological polar surface area (TPSA) is 77.2 Å². The van der Waals surface area contributed by atoms with Crippen LogP contribution in [0.4, 0.5) is 5.69 Å². The Morgan fingerprint density at radius 2 is 2.21 bits per heavy atom. The van der Waals surface area contributed by atoms with E-state index < -0.39 is 0 Å². The zero-order valence-corrected chi connectivity index (χ0v) is 11.3. The minimum Gasteiger partial charge on any atom is -0.480 e. The van der Waals surface area contributed by atoms with Crippen molar-refractivity contribution in [2.24, 2.45) is 17.6 Å². The number of nitrogens with zero attached hydrogens (tertiary/aromatic N) is 1. The van der Waals surface area contributed by atoms with E-state index in [1.54, 1.807) is 25.4 Å². The quantitative estimate of drug-likeness (QED) is 0.868. The Hall–Kier alpha value is -1.62. The summed E-state index contributed by atoms with van der Waals surface area (Å²) in [6.45, 7) is 0.727. The summed E-state index contributed by atoms with van der Waals surface area (Å²) in [5, 5.41) is 2.91. The summed E-state index contributed by atoms with van der Waals surface area (Å²) in [7, 11) is 1.55. The van der Waals surface area contributed by atoms with E-state index in [2.05, 4.69) is 10.3 Å². The molecule has 0 atom stereocenters. The van der Waals surface area contributed by atoms with Crippen LogP contribution in [0.3, 0.4) is 0 Å². The summed E-state index contributed by atoms with van der Waals surface area (Å²) in [5.41, 5.74) is 6.30. The molecule has 0 spiro atoms. The molecular weight excluding hydrogens is 242 g/mol. The number of aromatic nitrogens is 1. The van der Waals surface area contributed by atoms with Crippen LogP contribution >= 0.6 is 0 Å². The summed E-state index contributed by atoms with van der Waals surface area (Å²) in [4.78, 5) is 16.3. The third kappa shape index (κ3) is 3.44. The minimum absolute atomic E-state index is 0.0572. The first-order chi connectivity index (χ1) is 9.24. The van der Waals surface area contributed by atoms with E-state index in [1.807, 2.05) is 0 Å². The van der Waals surface area contributed by atoms with Gasteiger partial charge < -0.3 is 15.8 Å². The van der Waals surface area contributed by atoms with Crippen LogP contribution < -0.4 is 15.8 Å². The Morgan fingerprint density at radius 1 is 1.47 bits per heavy atom. The molecule has 3 N–H and O–H groups in total. The van der Waals surface area contributed by atoms with Crippen molar-refractivity contribution in [3.63, 3.8) is 0 Å². The monoisotopic (exact) mass is 263 g/mol. The lowest BCUT2D eigenvalue weighted by atomic mass is 9.81. The van der Waals surface area contributed by atoms with E-state index in [9.17, 15) is 4.79 Å². The number of ether oxygens (including phenoxy) is 1. The Morgan fingerprint density at radius 3 is 2.84 bits per heavy atom. The molecule has 5 nitrogen and oxygen atoms in total. The second kappa shape index (κ2) is 6.52. The third-order valence-corrected chi connectivity index (χ3v) is 3.77. The maximum Gasteiger partial charge on any atom is 0.237 e. The van der Waals surface area contributed by atoms with E-state index >= 15 is 0 Å². The highest BCUT2D eigenvalue weighted by atomic mass is 16.5. The molecule has 0 bridgehead atoms. The van der Waals surface area contributed by atoms with Crippen LogP contribution in [0.15, 0.2) is 18.3 Å². The molecule has 2 rings (SSSR count). The van der Waals surface area contributed by atoms with Crippen molar-refractivity contribution >= 4 is 11.6 Å². The summed E-state index contributed by atoms with van der Waals surface area (Å²) in [6.07, 6.45) is 5.55. The molecule has 0 radical (unpaired) electrons. The van der Waals surface area contributed by atoms with Gasteiger partial charge in [-0.1, -0.05) is 0 Å². The zero-order valence-electron chi connectivity index (χ0n) is 11.3. The van der Waals surface area contributed by atoms with Gasteiger partial charge in [0.1, 0.15) is 5.69 Å². The van der Waals surface area contributed by atoms with Crippen molar-refractivity contribution < 1.29 is 9.53 Å². The molecule has 1 aromatic heterocycles. The second-order valence-corrected chi connectivity index (χ2v) is 5.00. The second-order valence-electron chi connectivity index (χ2n) is 5.00. The van der Waals surface area contributed by atoms with Gasteiger partial charge in [0.25, 0.3) is 0 Å². The Kier molecular flexibility index (Phi) is 4.74. The maximum atomic E-state index is 12.2. The number of pyridine rings is 1. The predicted molar refractivity (Wildman–Crippen MR) is 73.9 cm³/mol. The van der Waals surface area contributed by atoms with Crippen molar-refractivity contribution in [3.8, 4) is 5.88 Å². The van der Waals surface area contributed by atoms with E-state index in [4.69, 9.17) is 10.5 Å². The van der Waals surface area contributed by atoms with Crippen LogP contribution in [0.2, 0.25) is 0 Å². The minimum atomic E-state index is 0.0572. The lowest BCUT2D eigenvalue weighted by Gasteiger charge is -2.26. The number of methoxy groups -OCH3 is 1. The first-order valence-electron chi connectivity index (χ1n) is 6.74. The van der Waals surface area contributed by atoms with Gasteiger partial charge in [-0.3, -0.25) is 4.79 Å². The predicted octanol–water partition coefficient (Wildman–Crippen LogP) is 1.79. The molecule has 0 aromatic carbocycles. The van der Waals surface area contributed by atoms with Crippen molar-refractivity contribution in [2.75, 3.05) is 19.0 Å². The molecule has 1 aliphatic rings. The molecule has 1 fully saturated rings. The standard InChI is InChI=1S/C14H21N3O2/c1-19-14-12(3-2-8-16-14)17-13(18)11-6-4-10(9-15)5-7-11/h2-3,8,10-11H,4-7,9,15H2,1H3,(H,17,18). The summed E-state index contributed by atoms with van der Waals surface area (Å²) in [5.74, 6) is 1.16. The van der Waals surface area contributed by atoms with Gasteiger partial charge in [0, 0.05) is 12.1 Å². The van der Waals surface area contributed by atoms with Gasteiger partial charge in [0.05, 0.1) is 7.11 Å². The van der Waals surface area contributed by atoms with E-state index in [0.29, 0.717) is 17.5 Å². The molecule has 0 aliphatic heterocycles. The number of carbonyl (C=O) groups is 1. The molecule has 19 heavy (non-hydrogen) atoms. The molecule has 1 aliphatic carbocycles. The Labute approximate surface area is 113 Å². The molecule has 1 saturated carbocycles. The highest BCUT2D eigenvalue weighted by Crippen LogP contribution is 2.30. The number of amides is 1. The molecule has 1 heterocycles. The third-order valence-electron chi connectivity index (χ3n) is 3.77. The van der Waals surface area contributed by atoms with E-state index in [0.717, 1.165) is 32.2 Å². The number of carbonyl (C=O) groups excluding carboxylic acids is 1. The van der Waals surface area contributed by atoms with Gasteiger partial charge in [-0.05, 0) is 50.3 Å². The van der Waals surface area contributed by atoms with Gasteiger partial charge in [0.15, 0.2) is 0 Å². The fourth-order valence-electron chi connectivity index (χ4n) is 2.54. The van der Waals surface area contributed by atoms with Gasteiger partial charge in [-0.15, -0.1) is 0 Å². The maximum absolute atomic E-state index is 12.2. The molecule has 0 saturated heterocycles. The smallest absolute Gasteiger partial charge is 0.237 e. The molecule has 1 amide bonds. The first kappa shape index (κ1) is 13.8. The van der Waals surface area contributed by atoms with E-state index in [1.165, 1.54) is 0 Å². The summed E-state index contributed by atoms with van der Waals surface area (Å²) in [6, 6.07) is 3.58. The van der Waals surface area contributed by atoms with Crippen LogP contribution in [0.5, 0.6) is 5.88 Å². The lowest BCUT2D eigenvalue weighted by molar-refractivity contribution is -0.121. The number of hydrogen-bond donors (Lipinski definition) is 2. The van der Waals surface area contributed by atoms with Crippen LogP contribution in [-0.4, -0.2) is 24.5 Å². The molecule has 104 valence electrons. The summed E-state index contributed by atoms with van der Waals surface area (Å²) < 4.78 is 5.13. The van der Waals surface area contributed by atoms with Crippen LogP contribution in [0.25, 0.3) is 0 Å². The fourth-order valence-corrected chi connectivity index (χ4v) is 2.54. The highest BCUT2D eigenvalue weighted by molar-refractivity contribution is 5.93. The lowest BCUT2D eigenvalue weighted by Crippen LogP contribution is -2.29. The molecule has 1 aromatic rings. The van der Waals surface area contributed by atoms with Crippen LogP contribution in [-0.2, 0) is 4.79 Å². The van der Waals surface area contributed by atoms with E-state index in [-0.39, 0.29) is 11.8 Å². The fraction of sp³-hybridized carbons (Fsp3) is 0.571. The SMILES string of the molecule is COc1ncccc1NC(=O)C1CCC(CN)CC1. The number of rotatable bonds is 4. The Bertz CT molecular complexity index is 428. The van der Waals surface area contributed by atoms with Gasteiger partial charge >= 0.3 is 0 Å². The van der Waals surface area contributed by atoms with Crippen LogP contribution in [0, 0.1) is 11.8 Å². The van der Waals surface area contributed by atoms with Crippen LogP contribution in [0.1, 0.15) is 25.7 Å². The van der Waals surface area contributed by atoms with Gasteiger partial charge in [0.2, 0.25) is 11.8 Å². The van der Waals surface area contributed by atoms with Crippen molar-refractivity contribution in [1.82, 2.24) is 4.98 Å². The zero-order chi connectivity index (χ0) is 13.7. The molecular formula is C14H21N3O2.